The molecule has 6 heteroatoms. The van der Waals surface area contributed by atoms with Gasteiger partial charge in [0.1, 0.15) is 23.5 Å². The molecule has 1 aromatic carbocycles. The standard InChI is InChI=1S/C12H13F2N3O/c1-17-7-8(6-16-17)12(5-15)18-11-3-9(13)2-10(14)4-11/h2-4,6-7,12H,5,15H2,1H3. The molecule has 4 nitrogen and oxygen atoms in total. The van der Waals surface area contributed by atoms with Crippen molar-refractivity contribution in [3.63, 3.8) is 0 Å². The van der Waals surface area contributed by atoms with Crippen LogP contribution in [-0.2, 0) is 7.05 Å². The lowest BCUT2D eigenvalue weighted by Crippen LogP contribution is -2.18. The molecule has 1 atom stereocenters. The van der Waals surface area contributed by atoms with Crippen LogP contribution in [0.5, 0.6) is 5.75 Å². The van der Waals surface area contributed by atoms with Crippen LogP contribution in [0.15, 0.2) is 30.6 Å². The van der Waals surface area contributed by atoms with Crippen molar-refractivity contribution in [3.8, 4) is 5.75 Å². The molecule has 96 valence electrons. The molecule has 0 saturated carbocycles. The number of rotatable bonds is 4. The Bertz CT molecular complexity index is 522. The zero-order valence-corrected chi connectivity index (χ0v) is 9.81. The summed E-state index contributed by atoms with van der Waals surface area (Å²) < 4.78 is 33.1. The number of hydrogen-bond donors (Lipinski definition) is 1. The number of aryl methyl sites for hydroxylation is 1. The summed E-state index contributed by atoms with van der Waals surface area (Å²) >= 11 is 0. The van der Waals surface area contributed by atoms with Gasteiger partial charge in [0.15, 0.2) is 0 Å². The van der Waals surface area contributed by atoms with Crippen molar-refractivity contribution in [1.82, 2.24) is 9.78 Å². The lowest BCUT2D eigenvalue weighted by Gasteiger charge is -2.16. The van der Waals surface area contributed by atoms with Crippen molar-refractivity contribution in [2.24, 2.45) is 12.8 Å². The molecule has 2 aromatic rings. The molecule has 18 heavy (non-hydrogen) atoms. The minimum absolute atomic E-state index is 0.104. The van der Waals surface area contributed by atoms with E-state index in [-0.39, 0.29) is 12.3 Å². The van der Waals surface area contributed by atoms with Crippen molar-refractivity contribution >= 4 is 0 Å². The van der Waals surface area contributed by atoms with Crippen LogP contribution in [0.1, 0.15) is 11.7 Å². The Labute approximate surface area is 103 Å². The lowest BCUT2D eigenvalue weighted by molar-refractivity contribution is 0.212. The molecule has 0 bridgehead atoms. The highest BCUT2D eigenvalue weighted by molar-refractivity contribution is 5.25. The molecule has 0 spiro atoms. The van der Waals surface area contributed by atoms with Crippen LogP contribution >= 0.6 is 0 Å². The summed E-state index contributed by atoms with van der Waals surface area (Å²) in [6.45, 7) is 0.184. The number of hydrogen-bond acceptors (Lipinski definition) is 3. The fraction of sp³-hybridized carbons (Fsp3) is 0.250. The van der Waals surface area contributed by atoms with E-state index in [1.165, 1.54) is 0 Å². The Morgan fingerprint density at radius 3 is 2.50 bits per heavy atom. The Hall–Kier alpha value is -1.95. The maximum Gasteiger partial charge on any atom is 0.139 e. The fourth-order valence-electron chi connectivity index (χ4n) is 1.62. The zero-order chi connectivity index (χ0) is 13.1. The average molecular weight is 253 g/mol. The first-order valence-electron chi connectivity index (χ1n) is 5.40. The van der Waals surface area contributed by atoms with E-state index in [0.29, 0.717) is 0 Å². The predicted octanol–water partition coefficient (Wildman–Crippen LogP) is 1.78. The predicted molar refractivity (Wildman–Crippen MR) is 62.0 cm³/mol. The smallest absolute Gasteiger partial charge is 0.139 e. The van der Waals surface area contributed by atoms with Gasteiger partial charge in [-0.25, -0.2) is 8.78 Å². The molecule has 0 aliphatic heterocycles. The van der Waals surface area contributed by atoms with Crippen molar-refractivity contribution in [2.75, 3.05) is 6.54 Å². The van der Waals surface area contributed by atoms with Gasteiger partial charge < -0.3 is 10.5 Å². The lowest BCUT2D eigenvalue weighted by atomic mass is 10.2. The first-order chi connectivity index (χ1) is 8.58. The van der Waals surface area contributed by atoms with Crippen LogP contribution in [-0.4, -0.2) is 16.3 Å². The van der Waals surface area contributed by atoms with Gasteiger partial charge in [-0.2, -0.15) is 5.10 Å². The van der Waals surface area contributed by atoms with Crippen LogP contribution in [0.2, 0.25) is 0 Å². The third-order valence-electron chi connectivity index (χ3n) is 2.43. The Balaban J connectivity index is 2.20. The quantitative estimate of drug-likeness (QED) is 0.903. The van der Waals surface area contributed by atoms with E-state index in [1.807, 2.05) is 0 Å². The van der Waals surface area contributed by atoms with Gasteiger partial charge in [-0.1, -0.05) is 0 Å². The van der Waals surface area contributed by atoms with Crippen LogP contribution in [0.3, 0.4) is 0 Å². The molecule has 0 aliphatic rings. The van der Waals surface area contributed by atoms with E-state index < -0.39 is 17.7 Å². The van der Waals surface area contributed by atoms with Gasteiger partial charge in [0, 0.05) is 43.6 Å². The molecule has 2 rings (SSSR count). The van der Waals surface area contributed by atoms with Crippen molar-refractivity contribution in [1.29, 1.82) is 0 Å². The second-order valence-corrected chi connectivity index (χ2v) is 3.89. The molecule has 0 amide bonds. The van der Waals surface area contributed by atoms with Crippen molar-refractivity contribution in [2.45, 2.75) is 6.10 Å². The first kappa shape index (κ1) is 12.5. The van der Waals surface area contributed by atoms with Crippen molar-refractivity contribution in [3.05, 3.63) is 47.8 Å². The second kappa shape index (κ2) is 5.14. The molecule has 1 unspecified atom stereocenters. The molecule has 0 aliphatic carbocycles. The summed E-state index contributed by atoms with van der Waals surface area (Å²) in [5.74, 6) is -1.27. The van der Waals surface area contributed by atoms with E-state index in [1.54, 1.807) is 24.1 Å². The topological polar surface area (TPSA) is 53.1 Å². The maximum atomic E-state index is 13.0. The molecule has 0 fully saturated rings. The number of halogens is 2. The number of nitrogens with two attached hydrogens (primary N) is 1. The molecular formula is C12H13F2N3O. The highest BCUT2D eigenvalue weighted by Gasteiger charge is 2.14. The summed E-state index contributed by atoms with van der Waals surface area (Å²) in [5.41, 5.74) is 6.34. The summed E-state index contributed by atoms with van der Waals surface area (Å²) in [4.78, 5) is 0. The SMILES string of the molecule is Cn1cc(C(CN)Oc2cc(F)cc(F)c2)cn1. The van der Waals surface area contributed by atoms with E-state index in [4.69, 9.17) is 10.5 Å². The van der Waals surface area contributed by atoms with Crippen LogP contribution in [0, 0.1) is 11.6 Å². The van der Waals surface area contributed by atoms with E-state index >= 15 is 0 Å². The van der Waals surface area contributed by atoms with Gasteiger partial charge in [0.05, 0.1) is 6.20 Å². The molecule has 2 N–H and O–H groups in total. The summed E-state index contributed by atoms with van der Waals surface area (Å²) in [6.07, 6.45) is 2.86. The summed E-state index contributed by atoms with van der Waals surface area (Å²) in [5, 5.41) is 4.00. The van der Waals surface area contributed by atoms with Crippen LogP contribution in [0.25, 0.3) is 0 Å². The van der Waals surface area contributed by atoms with Gasteiger partial charge in [0.2, 0.25) is 0 Å². The zero-order valence-electron chi connectivity index (χ0n) is 9.81. The summed E-state index contributed by atoms with van der Waals surface area (Å²) in [6, 6.07) is 3.01. The van der Waals surface area contributed by atoms with Gasteiger partial charge in [-0.15, -0.1) is 0 Å². The number of benzene rings is 1. The van der Waals surface area contributed by atoms with E-state index in [9.17, 15) is 8.78 Å². The van der Waals surface area contributed by atoms with Crippen molar-refractivity contribution < 1.29 is 13.5 Å². The van der Waals surface area contributed by atoms with E-state index in [2.05, 4.69) is 5.10 Å². The van der Waals surface area contributed by atoms with Gasteiger partial charge in [0.25, 0.3) is 0 Å². The van der Waals surface area contributed by atoms with Gasteiger partial charge in [-0.3, -0.25) is 4.68 Å². The minimum Gasteiger partial charge on any atom is -0.484 e. The summed E-state index contributed by atoms with van der Waals surface area (Å²) in [7, 11) is 1.76. The second-order valence-electron chi connectivity index (χ2n) is 3.89. The Morgan fingerprint density at radius 2 is 2.00 bits per heavy atom. The molecular weight excluding hydrogens is 240 g/mol. The number of aromatic nitrogens is 2. The Kier molecular flexibility index (Phi) is 3.57. The highest BCUT2D eigenvalue weighted by Crippen LogP contribution is 2.22. The normalized spacial score (nSPS) is 12.4. The number of nitrogens with zero attached hydrogens (tertiary/aromatic N) is 2. The molecule has 1 heterocycles. The largest absolute Gasteiger partial charge is 0.484 e. The third kappa shape index (κ3) is 2.84. The van der Waals surface area contributed by atoms with E-state index in [0.717, 1.165) is 23.8 Å². The fourth-order valence-corrected chi connectivity index (χ4v) is 1.62. The Morgan fingerprint density at radius 1 is 1.33 bits per heavy atom. The highest BCUT2D eigenvalue weighted by atomic mass is 19.1. The third-order valence-corrected chi connectivity index (χ3v) is 2.43. The maximum absolute atomic E-state index is 13.0. The van der Waals surface area contributed by atoms with Gasteiger partial charge >= 0.3 is 0 Å². The average Bonchev–Trinajstić information content (AvgIpc) is 2.71. The minimum atomic E-state index is -0.688. The van der Waals surface area contributed by atoms with Gasteiger partial charge in [-0.05, 0) is 0 Å². The van der Waals surface area contributed by atoms with Crippen LogP contribution < -0.4 is 10.5 Å². The first-order valence-corrected chi connectivity index (χ1v) is 5.40. The number of ether oxygens (including phenoxy) is 1. The van der Waals surface area contributed by atoms with Crippen LogP contribution in [0.4, 0.5) is 8.78 Å². The molecule has 1 aromatic heterocycles. The molecule has 0 radical (unpaired) electrons. The monoisotopic (exact) mass is 253 g/mol. The molecule has 0 saturated heterocycles.